The molecule has 0 aliphatic carbocycles. The van der Waals surface area contributed by atoms with Gasteiger partial charge < -0.3 is 0 Å². The minimum Gasteiger partial charge on any atom is -0.0925 e. The molecular formula is C16H14Br2Cl2. The van der Waals surface area contributed by atoms with Crippen LogP contribution < -0.4 is 0 Å². The average molecular weight is 437 g/mol. The molecule has 0 saturated carbocycles. The SMILES string of the molecule is Clc1cccc(CC(CBr)Cc2ccc(Br)cc2)c1Cl. The number of benzene rings is 2. The fraction of sp³-hybridized carbons (Fsp3) is 0.250. The number of alkyl halides is 1. The summed E-state index contributed by atoms with van der Waals surface area (Å²) in [5.41, 5.74) is 2.44. The predicted octanol–water partition coefficient (Wildman–Crippen LogP) is 6.55. The standard InChI is InChI=1S/C16H14Br2Cl2/c17-10-12(8-11-4-6-14(18)7-5-11)9-13-2-1-3-15(19)16(13)20/h1-7,12H,8-10H2. The van der Waals surface area contributed by atoms with Crippen molar-refractivity contribution in [1.29, 1.82) is 0 Å². The van der Waals surface area contributed by atoms with Gasteiger partial charge in [0.2, 0.25) is 0 Å². The van der Waals surface area contributed by atoms with Crippen LogP contribution in [-0.4, -0.2) is 5.33 Å². The van der Waals surface area contributed by atoms with E-state index in [1.807, 2.05) is 18.2 Å². The van der Waals surface area contributed by atoms with Gasteiger partial charge >= 0.3 is 0 Å². The first-order valence-corrected chi connectivity index (χ1v) is 9.00. The first kappa shape index (κ1) is 16.4. The first-order chi connectivity index (χ1) is 9.60. The van der Waals surface area contributed by atoms with Crippen molar-refractivity contribution in [2.75, 3.05) is 5.33 Å². The quantitative estimate of drug-likeness (QED) is 0.466. The summed E-state index contributed by atoms with van der Waals surface area (Å²) < 4.78 is 1.11. The highest BCUT2D eigenvalue weighted by Crippen LogP contribution is 2.28. The van der Waals surface area contributed by atoms with E-state index in [-0.39, 0.29) is 0 Å². The highest BCUT2D eigenvalue weighted by Gasteiger charge is 2.13. The van der Waals surface area contributed by atoms with Crippen LogP contribution in [0.3, 0.4) is 0 Å². The van der Waals surface area contributed by atoms with E-state index in [1.54, 1.807) is 0 Å². The molecule has 0 aromatic heterocycles. The molecule has 1 unspecified atom stereocenters. The van der Waals surface area contributed by atoms with Crippen molar-refractivity contribution >= 4 is 55.1 Å². The minimum atomic E-state index is 0.493. The van der Waals surface area contributed by atoms with Gasteiger partial charge in [-0.05, 0) is 48.1 Å². The van der Waals surface area contributed by atoms with E-state index in [9.17, 15) is 0 Å². The summed E-state index contributed by atoms with van der Waals surface area (Å²) in [7, 11) is 0. The van der Waals surface area contributed by atoms with Gasteiger partial charge in [-0.15, -0.1) is 0 Å². The lowest BCUT2D eigenvalue weighted by molar-refractivity contribution is 0.591. The van der Waals surface area contributed by atoms with Crippen molar-refractivity contribution < 1.29 is 0 Å². The van der Waals surface area contributed by atoms with Crippen LogP contribution in [0.1, 0.15) is 11.1 Å². The van der Waals surface area contributed by atoms with Gasteiger partial charge in [0.1, 0.15) is 0 Å². The van der Waals surface area contributed by atoms with Crippen LogP contribution >= 0.6 is 55.1 Å². The van der Waals surface area contributed by atoms with E-state index in [4.69, 9.17) is 23.2 Å². The molecular weight excluding hydrogens is 423 g/mol. The monoisotopic (exact) mass is 434 g/mol. The van der Waals surface area contributed by atoms with Gasteiger partial charge in [-0.2, -0.15) is 0 Å². The van der Waals surface area contributed by atoms with Crippen molar-refractivity contribution in [2.24, 2.45) is 5.92 Å². The summed E-state index contributed by atoms with van der Waals surface area (Å²) in [4.78, 5) is 0. The Balaban J connectivity index is 2.09. The van der Waals surface area contributed by atoms with Crippen LogP contribution in [0.5, 0.6) is 0 Å². The van der Waals surface area contributed by atoms with Crippen molar-refractivity contribution in [3.63, 3.8) is 0 Å². The third-order valence-corrected chi connectivity index (χ3v) is 5.50. The fourth-order valence-electron chi connectivity index (χ4n) is 2.15. The van der Waals surface area contributed by atoms with Gasteiger partial charge in [-0.25, -0.2) is 0 Å². The second-order valence-electron chi connectivity index (χ2n) is 4.77. The van der Waals surface area contributed by atoms with Crippen LogP contribution in [0, 0.1) is 5.92 Å². The largest absolute Gasteiger partial charge is 0.0925 e. The Bertz CT molecular complexity index is 567. The molecule has 0 spiro atoms. The molecule has 0 bridgehead atoms. The lowest BCUT2D eigenvalue weighted by Crippen LogP contribution is -2.10. The maximum absolute atomic E-state index is 6.26. The molecule has 2 aromatic carbocycles. The third kappa shape index (κ3) is 4.49. The van der Waals surface area contributed by atoms with Crippen LogP contribution in [0.25, 0.3) is 0 Å². The molecule has 4 heteroatoms. The van der Waals surface area contributed by atoms with Gasteiger partial charge in [0.25, 0.3) is 0 Å². The zero-order valence-electron chi connectivity index (χ0n) is 10.8. The lowest BCUT2D eigenvalue weighted by Gasteiger charge is -2.15. The van der Waals surface area contributed by atoms with Gasteiger partial charge in [-0.3, -0.25) is 0 Å². The Morgan fingerprint density at radius 2 is 1.65 bits per heavy atom. The molecule has 106 valence electrons. The topological polar surface area (TPSA) is 0 Å². The highest BCUT2D eigenvalue weighted by atomic mass is 79.9. The number of rotatable bonds is 5. The Morgan fingerprint density at radius 1 is 0.950 bits per heavy atom. The molecule has 0 nitrogen and oxygen atoms in total. The Labute approximate surface area is 146 Å². The van der Waals surface area contributed by atoms with Gasteiger partial charge in [0.15, 0.2) is 0 Å². The Hall–Kier alpha value is -0.0200. The fourth-order valence-corrected chi connectivity index (χ4v) is 3.27. The highest BCUT2D eigenvalue weighted by molar-refractivity contribution is 9.10. The van der Waals surface area contributed by atoms with Crippen molar-refractivity contribution in [3.05, 3.63) is 68.1 Å². The van der Waals surface area contributed by atoms with Crippen LogP contribution in [0.15, 0.2) is 46.9 Å². The van der Waals surface area contributed by atoms with E-state index in [0.717, 1.165) is 28.2 Å². The number of hydrogen-bond donors (Lipinski definition) is 0. The zero-order valence-corrected chi connectivity index (χ0v) is 15.4. The zero-order chi connectivity index (χ0) is 14.5. The van der Waals surface area contributed by atoms with E-state index >= 15 is 0 Å². The molecule has 20 heavy (non-hydrogen) atoms. The minimum absolute atomic E-state index is 0.493. The summed E-state index contributed by atoms with van der Waals surface area (Å²) >= 11 is 19.4. The van der Waals surface area contributed by atoms with E-state index in [0.29, 0.717) is 16.0 Å². The molecule has 0 aliphatic rings. The molecule has 0 aliphatic heterocycles. The summed E-state index contributed by atoms with van der Waals surface area (Å²) in [6.45, 7) is 0. The molecule has 0 heterocycles. The summed E-state index contributed by atoms with van der Waals surface area (Å²) in [6, 6.07) is 14.3. The molecule has 0 amide bonds. The molecule has 2 aromatic rings. The molecule has 0 N–H and O–H groups in total. The van der Waals surface area contributed by atoms with Crippen LogP contribution in [0.4, 0.5) is 0 Å². The average Bonchev–Trinajstić information content (AvgIpc) is 2.45. The molecule has 2 rings (SSSR count). The number of halogens is 4. The van der Waals surface area contributed by atoms with Gasteiger partial charge in [-0.1, -0.05) is 79.3 Å². The molecule has 0 radical (unpaired) electrons. The van der Waals surface area contributed by atoms with Crippen molar-refractivity contribution in [2.45, 2.75) is 12.8 Å². The smallest absolute Gasteiger partial charge is 0.0624 e. The van der Waals surface area contributed by atoms with Gasteiger partial charge in [0.05, 0.1) is 10.0 Å². The second kappa shape index (κ2) is 7.84. The predicted molar refractivity (Wildman–Crippen MR) is 95.3 cm³/mol. The normalized spacial score (nSPS) is 12.4. The lowest BCUT2D eigenvalue weighted by atomic mass is 9.94. The summed E-state index contributed by atoms with van der Waals surface area (Å²) in [5.74, 6) is 0.493. The molecule has 1 atom stereocenters. The molecule has 0 fully saturated rings. The molecule has 0 saturated heterocycles. The van der Waals surface area contributed by atoms with E-state index in [1.165, 1.54) is 5.56 Å². The second-order valence-corrected chi connectivity index (χ2v) is 7.12. The van der Waals surface area contributed by atoms with E-state index < -0.39 is 0 Å². The van der Waals surface area contributed by atoms with Crippen molar-refractivity contribution in [1.82, 2.24) is 0 Å². The van der Waals surface area contributed by atoms with Gasteiger partial charge in [0, 0.05) is 9.80 Å². The first-order valence-electron chi connectivity index (χ1n) is 6.33. The van der Waals surface area contributed by atoms with Crippen LogP contribution in [-0.2, 0) is 12.8 Å². The van der Waals surface area contributed by atoms with Crippen molar-refractivity contribution in [3.8, 4) is 0 Å². The summed E-state index contributed by atoms with van der Waals surface area (Å²) in [6.07, 6.45) is 1.93. The maximum atomic E-state index is 6.26. The Kier molecular flexibility index (Phi) is 6.41. The Morgan fingerprint density at radius 3 is 2.30 bits per heavy atom. The summed E-state index contributed by atoms with van der Waals surface area (Å²) in [5, 5.41) is 2.24. The number of hydrogen-bond acceptors (Lipinski definition) is 0. The van der Waals surface area contributed by atoms with E-state index in [2.05, 4.69) is 56.1 Å². The van der Waals surface area contributed by atoms with Crippen LogP contribution in [0.2, 0.25) is 10.0 Å². The third-order valence-electron chi connectivity index (χ3n) is 3.20. The maximum Gasteiger partial charge on any atom is 0.0624 e.